The largest absolute Gasteiger partial charge is 0.329 e. The molecule has 0 N–H and O–H groups in total. The molecule has 1 amide bonds. The van der Waals surface area contributed by atoms with Crippen molar-refractivity contribution in [2.24, 2.45) is 0 Å². The zero-order valence-electron chi connectivity index (χ0n) is 9.55. The molecule has 0 atom stereocenters. The lowest BCUT2D eigenvalue weighted by Crippen LogP contribution is -2.24. The van der Waals surface area contributed by atoms with Crippen molar-refractivity contribution >= 4 is 16.7 Å². The van der Waals surface area contributed by atoms with Crippen LogP contribution in [0.3, 0.4) is 0 Å². The van der Waals surface area contributed by atoms with Gasteiger partial charge in [0.25, 0.3) is 0 Å². The van der Waals surface area contributed by atoms with Crippen LogP contribution in [0.15, 0.2) is 42.5 Å². The number of nitrogens with zero attached hydrogens (tertiary/aromatic N) is 2. The Balaban J connectivity index is 2.37. The highest BCUT2D eigenvalue weighted by molar-refractivity contribution is 5.91. The fourth-order valence-electron chi connectivity index (χ4n) is 1.84. The van der Waals surface area contributed by atoms with Gasteiger partial charge < -0.3 is 4.90 Å². The summed E-state index contributed by atoms with van der Waals surface area (Å²) in [6, 6.07) is 15.6. The van der Waals surface area contributed by atoms with Crippen LogP contribution in [-0.4, -0.2) is 17.9 Å². The van der Waals surface area contributed by atoms with Crippen LogP contribution in [0.1, 0.15) is 5.56 Å². The number of rotatable bonds is 2. The number of nitriles is 1. The molecule has 0 saturated carbocycles. The third-order valence-corrected chi connectivity index (χ3v) is 2.73. The first-order valence-electron chi connectivity index (χ1n) is 5.34. The number of carbonyl (C=O) groups excluding carboxylic acids is 1. The number of benzene rings is 2. The Morgan fingerprint density at radius 1 is 1.24 bits per heavy atom. The van der Waals surface area contributed by atoms with Crippen molar-refractivity contribution in [3.05, 3.63) is 48.0 Å². The lowest BCUT2D eigenvalue weighted by Gasteiger charge is -2.14. The van der Waals surface area contributed by atoms with Gasteiger partial charge in [-0.15, -0.1) is 0 Å². The summed E-state index contributed by atoms with van der Waals surface area (Å²) >= 11 is 0. The summed E-state index contributed by atoms with van der Waals surface area (Å²) in [7, 11) is 1.63. The van der Waals surface area contributed by atoms with Gasteiger partial charge >= 0.3 is 5.91 Å². The van der Waals surface area contributed by atoms with E-state index in [0.717, 1.165) is 16.3 Å². The van der Waals surface area contributed by atoms with Gasteiger partial charge in [-0.3, -0.25) is 4.79 Å². The Hall–Kier alpha value is -2.34. The number of carbonyl (C=O) groups is 1. The van der Waals surface area contributed by atoms with Gasteiger partial charge in [0.15, 0.2) is 6.07 Å². The summed E-state index contributed by atoms with van der Waals surface area (Å²) in [4.78, 5) is 12.6. The van der Waals surface area contributed by atoms with E-state index in [1.54, 1.807) is 13.1 Å². The van der Waals surface area contributed by atoms with E-state index in [4.69, 9.17) is 5.26 Å². The molecule has 2 aromatic rings. The minimum Gasteiger partial charge on any atom is -0.329 e. The average molecular weight is 224 g/mol. The molecule has 84 valence electrons. The third-order valence-electron chi connectivity index (χ3n) is 2.73. The molecule has 0 unspecified atom stereocenters. The van der Waals surface area contributed by atoms with Crippen LogP contribution in [0.25, 0.3) is 10.8 Å². The maximum Gasteiger partial charge on any atom is 0.325 e. The van der Waals surface area contributed by atoms with Crippen molar-refractivity contribution in [3.63, 3.8) is 0 Å². The molecule has 0 aliphatic carbocycles. The summed E-state index contributed by atoms with van der Waals surface area (Å²) < 4.78 is 0. The van der Waals surface area contributed by atoms with Gasteiger partial charge in [-0.1, -0.05) is 42.5 Å². The molecule has 0 heterocycles. The average Bonchev–Trinajstić information content (AvgIpc) is 2.38. The van der Waals surface area contributed by atoms with Crippen molar-refractivity contribution < 1.29 is 4.79 Å². The van der Waals surface area contributed by atoms with E-state index >= 15 is 0 Å². The van der Waals surface area contributed by atoms with Crippen LogP contribution in [0, 0.1) is 11.3 Å². The molecule has 2 rings (SSSR count). The van der Waals surface area contributed by atoms with Gasteiger partial charge in [-0.25, -0.2) is 0 Å². The normalized spacial score (nSPS) is 9.88. The molecule has 0 aliphatic rings. The summed E-state index contributed by atoms with van der Waals surface area (Å²) in [5, 5.41) is 10.8. The standard InChI is InChI=1S/C14H12N2O/c1-16(14(17)9-15)10-12-7-4-6-11-5-2-3-8-13(11)12/h2-8H,10H2,1H3. The van der Waals surface area contributed by atoms with Crippen molar-refractivity contribution in [2.75, 3.05) is 7.05 Å². The fraction of sp³-hybridized carbons (Fsp3) is 0.143. The van der Waals surface area contributed by atoms with E-state index in [-0.39, 0.29) is 0 Å². The second-order valence-corrected chi connectivity index (χ2v) is 3.91. The van der Waals surface area contributed by atoms with Gasteiger partial charge in [0.05, 0.1) is 0 Å². The van der Waals surface area contributed by atoms with Crippen LogP contribution < -0.4 is 0 Å². The van der Waals surface area contributed by atoms with Crippen molar-refractivity contribution in [1.82, 2.24) is 4.90 Å². The van der Waals surface area contributed by atoms with Crippen molar-refractivity contribution in [2.45, 2.75) is 6.54 Å². The van der Waals surface area contributed by atoms with E-state index in [1.165, 1.54) is 4.90 Å². The van der Waals surface area contributed by atoms with Gasteiger partial charge in [-0.05, 0) is 16.3 Å². The quantitative estimate of drug-likeness (QED) is 0.735. The maximum atomic E-state index is 11.2. The Kier molecular flexibility index (Phi) is 3.06. The maximum absolute atomic E-state index is 11.2. The van der Waals surface area contributed by atoms with Crippen molar-refractivity contribution in [3.8, 4) is 6.07 Å². The van der Waals surface area contributed by atoms with Crippen LogP contribution in [-0.2, 0) is 11.3 Å². The molecule has 3 nitrogen and oxygen atoms in total. The SMILES string of the molecule is CN(Cc1cccc2ccccc12)C(=O)C#N. The highest BCUT2D eigenvalue weighted by Crippen LogP contribution is 2.19. The Bertz CT molecular complexity index is 593. The molecular weight excluding hydrogens is 212 g/mol. The van der Waals surface area contributed by atoms with E-state index in [9.17, 15) is 4.79 Å². The number of hydrogen-bond acceptors (Lipinski definition) is 2. The molecule has 17 heavy (non-hydrogen) atoms. The van der Waals surface area contributed by atoms with E-state index in [2.05, 4.69) is 0 Å². The topological polar surface area (TPSA) is 44.1 Å². The van der Waals surface area contributed by atoms with E-state index in [1.807, 2.05) is 42.5 Å². The van der Waals surface area contributed by atoms with Crippen LogP contribution in [0.5, 0.6) is 0 Å². The second kappa shape index (κ2) is 4.67. The molecule has 0 aromatic heterocycles. The molecular formula is C14H12N2O. The summed E-state index contributed by atoms with van der Waals surface area (Å²) in [5.41, 5.74) is 1.05. The van der Waals surface area contributed by atoms with Gasteiger partial charge in [-0.2, -0.15) is 5.26 Å². The van der Waals surface area contributed by atoms with Crippen LogP contribution >= 0.6 is 0 Å². The second-order valence-electron chi connectivity index (χ2n) is 3.91. The molecule has 0 saturated heterocycles. The van der Waals surface area contributed by atoms with Gasteiger partial charge in [0, 0.05) is 13.6 Å². The predicted molar refractivity (Wildman–Crippen MR) is 66.0 cm³/mol. The van der Waals surface area contributed by atoms with Gasteiger partial charge in [0.1, 0.15) is 0 Å². The highest BCUT2D eigenvalue weighted by atomic mass is 16.2. The minimum atomic E-state index is -0.516. The first-order chi connectivity index (χ1) is 8.22. The molecule has 3 heteroatoms. The molecule has 0 bridgehead atoms. The minimum absolute atomic E-state index is 0.452. The van der Waals surface area contributed by atoms with Crippen LogP contribution in [0.2, 0.25) is 0 Å². The Morgan fingerprint density at radius 2 is 1.94 bits per heavy atom. The van der Waals surface area contributed by atoms with Crippen molar-refractivity contribution in [1.29, 1.82) is 5.26 Å². The zero-order chi connectivity index (χ0) is 12.3. The zero-order valence-corrected chi connectivity index (χ0v) is 9.55. The van der Waals surface area contributed by atoms with Crippen LogP contribution in [0.4, 0.5) is 0 Å². The van der Waals surface area contributed by atoms with E-state index in [0.29, 0.717) is 6.54 Å². The molecule has 0 aliphatic heterocycles. The summed E-state index contributed by atoms with van der Waals surface area (Å²) in [6.45, 7) is 0.452. The number of amides is 1. The monoisotopic (exact) mass is 224 g/mol. The summed E-state index contributed by atoms with van der Waals surface area (Å²) in [5.74, 6) is -0.516. The smallest absolute Gasteiger partial charge is 0.325 e. The van der Waals surface area contributed by atoms with E-state index < -0.39 is 5.91 Å². The lowest BCUT2D eigenvalue weighted by atomic mass is 10.0. The first kappa shape index (κ1) is 11.2. The molecule has 0 fully saturated rings. The number of fused-ring (bicyclic) bond motifs is 1. The predicted octanol–water partition coefficient (Wildman–Crippen LogP) is 2.32. The third kappa shape index (κ3) is 2.26. The molecule has 2 aromatic carbocycles. The molecule has 0 radical (unpaired) electrons. The molecule has 0 spiro atoms. The number of hydrogen-bond donors (Lipinski definition) is 0. The highest BCUT2D eigenvalue weighted by Gasteiger charge is 2.09. The summed E-state index contributed by atoms with van der Waals surface area (Å²) in [6.07, 6.45) is 0. The first-order valence-corrected chi connectivity index (χ1v) is 5.34. The lowest BCUT2D eigenvalue weighted by molar-refractivity contribution is -0.124. The Morgan fingerprint density at radius 3 is 2.71 bits per heavy atom. The Labute approximate surface area is 99.9 Å². The van der Waals surface area contributed by atoms with Gasteiger partial charge in [0.2, 0.25) is 0 Å². The fourth-order valence-corrected chi connectivity index (χ4v) is 1.84.